The Hall–Kier alpha value is -3.58. The molecule has 0 spiro atoms. The van der Waals surface area contributed by atoms with Crippen LogP contribution < -0.4 is 16.0 Å². The summed E-state index contributed by atoms with van der Waals surface area (Å²) < 4.78 is 0. The Labute approximate surface area is 259 Å². The maximum absolute atomic E-state index is 14.0. The number of aromatic nitrogens is 1. The van der Waals surface area contributed by atoms with Crippen molar-refractivity contribution in [2.75, 3.05) is 0 Å². The van der Waals surface area contributed by atoms with Crippen molar-refractivity contribution in [3.8, 4) is 0 Å². The molecule has 1 aliphatic heterocycles. The molecule has 1 aromatic heterocycles. The van der Waals surface area contributed by atoms with E-state index in [0.29, 0.717) is 30.8 Å². The normalized spacial score (nSPS) is 23.8. The third-order valence-electron chi connectivity index (χ3n) is 8.82. The molecule has 2 aliphatic rings. The molecule has 3 amide bonds. The van der Waals surface area contributed by atoms with Crippen LogP contribution in [0.1, 0.15) is 81.5 Å². The molecule has 1 fully saturated rings. The lowest BCUT2D eigenvalue weighted by molar-refractivity contribution is -0.134. The first-order valence-corrected chi connectivity index (χ1v) is 16.0. The number of carbonyl (C=O) groups is 3. The molecule has 3 atom stereocenters. The summed E-state index contributed by atoms with van der Waals surface area (Å²) in [7, 11) is 0. The summed E-state index contributed by atoms with van der Waals surface area (Å²) in [5.74, 6) is -0.915. The molecule has 3 aromatic rings. The van der Waals surface area contributed by atoms with E-state index in [1.165, 1.54) is 0 Å². The predicted octanol–water partition coefficient (Wildman–Crippen LogP) is 6.32. The first kappa shape index (κ1) is 30.9. The van der Waals surface area contributed by atoms with Gasteiger partial charge in [0.15, 0.2) is 0 Å². The molecule has 5 rings (SSSR count). The molecule has 7 nitrogen and oxygen atoms in total. The number of amides is 3. The molecule has 228 valence electrons. The standard InChI is InChI=1S/C35H43ClN4O3/c1-22(2)19-31-34(42)37-21-28-27-20-25(36)17-18-30(27)38-29(28)16-10-9-15-26(23-11-5-3-6-12-23)33(41)40-32(35(43)39-31)24-13-7-4-8-14-24/h3,5-6,9-12,17-18,20,22,24,26,31-32,38H,4,7-8,13-16,19,21H2,1-2H3,(H,37,42)(H,39,43)(H,40,41)/b10-9+/t26-,31-,32+/m0/s1. The highest BCUT2D eigenvalue weighted by Crippen LogP contribution is 2.30. The molecule has 8 heteroatoms. The van der Waals surface area contributed by atoms with E-state index in [9.17, 15) is 14.4 Å². The van der Waals surface area contributed by atoms with Crippen molar-refractivity contribution >= 4 is 40.2 Å². The maximum atomic E-state index is 14.0. The second-order valence-electron chi connectivity index (χ2n) is 12.4. The Morgan fingerprint density at radius 2 is 1.65 bits per heavy atom. The van der Waals surface area contributed by atoms with Crippen LogP contribution in [0.4, 0.5) is 0 Å². The monoisotopic (exact) mass is 602 g/mol. The Morgan fingerprint density at radius 3 is 2.40 bits per heavy atom. The lowest BCUT2D eigenvalue weighted by atomic mass is 9.82. The van der Waals surface area contributed by atoms with Crippen molar-refractivity contribution in [3.63, 3.8) is 0 Å². The first-order chi connectivity index (χ1) is 20.8. The van der Waals surface area contributed by atoms with Gasteiger partial charge < -0.3 is 20.9 Å². The minimum atomic E-state index is -0.717. The Kier molecular flexibility index (Phi) is 10.2. The number of benzene rings is 2. The average molecular weight is 603 g/mol. The van der Waals surface area contributed by atoms with Gasteiger partial charge in [0, 0.05) is 40.1 Å². The number of carbonyl (C=O) groups excluding carboxylic acids is 3. The van der Waals surface area contributed by atoms with Crippen molar-refractivity contribution < 1.29 is 14.4 Å². The average Bonchev–Trinajstić information content (AvgIpc) is 3.34. The first-order valence-electron chi connectivity index (χ1n) is 15.7. The van der Waals surface area contributed by atoms with Gasteiger partial charge in [-0.05, 0) is 61.3 Å². The lowest BCUT2D eigenvalue weighted by Gasteiger charge is -2.32. The zero-order valence-electron chi connectivity index (χ0n) is 25.1. The van der Waals surface area contributed by atoms with Crippen LogP contribution in [0.25, 0.3) is 10.9 Å². The number of fused-ring (bicyclic) bond motifs is 3. The van der Waals surface area contributed by atoms with Gasteiger partial charge in [-0.25, -0.2) is 0 Å². The third-order valence-corrected chi connectivity index (χ3v) is 9.05. The van der Waals surface area contributed by atoms with E-state index in [-0.39, 0.29) is 29.6 Å². The van der Waals surface area contributed by atoms with Crippen molar-refractivity contribution in [3.05, 3.63) is 82.5 Å². The number of aromatic amines is 1. The minimum absolute atomic E-state index is 0.0323. The predicted molar refractivity (Wildman–Crippen MR) is 172 cm³/mol. The van der Waals surface area contributed by atoms with Crippen LogP contribution in [0.15, 0.2) is 60.7 Å². The van der Waals surface area contributed by atoms with E-state index in [1.807, 2.05) is 68.5 Å². The number of nitrogens with one attached hydrogen (secondary N) is 4. The lowest BCUT2D eigenvalue weighted by Crippen LogP contribution is -2.57. The van der Waals surface area contributed by atoms with Crippen molar-refractivity contribution in [2.24, 2.45) is 11.8 Å². The zero-order chi connectivity index (χ0) is 30.3. The van der Waals surface area contributed by atoms with Crippen LogP contribution in [0.5, 0.6) is 0 Å². The molecular formula is C35H43ClN4O3. The maximum Gasteiger partial charge on any atom is 0.243 e. The van der Waals surface area contributed by atoms with Gasteiger partial charge >= 0.3 is 0 Å². The van der Waals surface area contributed by atoms with Gasteiger partial charge in [0.05, 0.1) is 5.92 Å². The Morgan fingerprint density at radius 1 is 0.884 bits per heavy atom. The molecular weight excluding hydrogens is 560 g/mol. The van der Waals surface area contributed by atoms with E-state index < -0.39 is 18.0 Å². The number of H-pyrrole nitrogens is 1. The summed E-state index contributed by atoms with van der Waals surface area (Å²) in [6.07, 6.45) is 10.7. The minimum Gasteiger partial charge on any atom is -0.358 e. The molecule has 2 heterocycles. The molecule has 1 aliphatic carbocycles. The zero-order valence-corrected chi connectivity index (χ0v) is 25.9. The van der Waals surface area contributed by atoms with Crippen molar-refractivity contribution in [1.29, 1.82) is 0 Å². The molecule has 0 unspecified atom stereocenters. The quantitative estimate of drug-likeness (QED) is 0.263. The molecule has 2 aromatic carbocycles. The summed E-state index contributed by atoms with van der Waals surface area (Å²) in [6, 6.07) is 14.0. The third kappa shape index (κ3) is 7.69. The number of hydrogen-bond acceptors (Lipinski definition) is 3. The number of allylic oxidation sites excluding steroid dienone is 2. The van der Waals surface area contributed by atoms with Crippen LogP contribution in [0, 0.1) is 11.8 Å². The van der Waals surface area contributed by atoms with Crippen LogP contribution >= 0.6 is 11.6 Å². The number of hydrogen-bond donors (Lipinski definition) is 4. The molecule has 43 heavy (non-hydrogen) atoms. The van der Waals surface area contributed by atoms with E-state index in [2.05, 4.69) is 27.0 Å². The van der Waals surface area contributed by atoms with Crippen molar-refractivity contribution in [1.82, 2.24) is 20.9 Å². The van der Waals surface area contributed by atoms with E-state index in [4.69, 9.17) is 11.6 Å². The van der Waals surface area contributed by atoms with Crippen LogP contribution in [0.3, 0.4) is 0 Å². The Balaban J connectivity index is 1.53. The summed E-state index contributed by atoms with van der Waals surface area (Å²) in [5.41, 5.74) is 3.79. The highest BCUT2D eigenvalue weighted by Gasteiger charge is 2.35. The van der Waals surface area contributed by atoms with Gasteiger partial charge in [0.2, 0.25) is 17.7 Å². The number of rotatable bonds is 4. The fourth-order valence-corrected chi connectivity index (χ4v) is 6.72. The fourth-order valence-electron chi connectivity index (χ4n) is 6.55. The van der Waals surface area contributed by atoms with Crippen LogP contribution in [-0.2, 0) is 27.3 Å². The highest BCUT2D eigenvalue weighted by atomic mass is 35.5. The van der Waals surface area contributed by atoms with Crippen molar-refractivity contribution in [2.45, 2.75) is 89.8 Å². The summed E-state index contributed by atoms with van der Waals surface area (Å²) >= 11 is 6.36. The largest absolute Gasteiger partial charge is 0.358 e. The fraction of sp³-hybridized carbons (Fsp3) is 0.457. The SMILES string of the molecule is CC(C)C[C@@H]1NC(=O)[C@@H](C2CCCCC2)NC(=O)[C@H](c2ccccc2)C/C=C/Cc2[nH]c3ccc(Cl)cc3c2CNC1=O. The van der Waals surface area contributed by atoms with Gasteiger partial charge in [0.25, 0.3) is 0 Å². The molecule has 1 saturated carbocycles. The van der Waals surface area contributed by atoms with Gasteiger partial charge in [-0.15, -0.1) is 0 Å². The molecule has 0 saturated heterocycles. The Bertz CT molecular complexity index is 1460. The summed E-state index contributed by atoms with van der Waals surface area (Å²) in [4.78, 5) is 45.1. The van der Waals surface area contributed by atoms with Gasteiger partial charge in [-0.3, -0.25) is 14.4 Å². The second kappa shape index (κ2) is 14.3. The van der Waals surface area contributed by atoms with E-state index >= 15 is 0 Å². The van der Waals surface area contributed by atoms with E-state index in [1.54, 1.807) is 0 Å². The smallest absolute Gasteiger partial charge is 0.243 e. The highest BCUT2D eigenvalue weighted by molar-refractivity contribution is 6.31. The van der Waals surface area contributed by atoms with Gasteiger partial charge in [-0.2, -0.15) is 0 Å². The van der Waals surface area contributed by atoms with E-state index in [0.717, 1.165) is 59.8 Å². The topological polar surface area (TPSA) is 103 Å². The molecule has 4 N–H and O–H groups in total. The van der Waals surface area contributed by atoms with Gasteiger partial charge in [-0.1, -0.05) is 87.2 Å². The summed E-state index contributed by atoms with van der Waals surface area (Å²) in [6.45, 7) is 4.38. The second-order valence-corrected chi connectivity index (χ2v) is 12.9. The number of halogens is 1. The summed E-state index contributed by atoms with van der Waals surface area (Å²) in [5, 5.41) is 10.9. The van der Waals surface area contributed by atoms with Crippen LogP contribution in [-0.4, -0.2) is 34.8 Å². The van der Waals surface area contributed by atoms with Crippen LogP contribution in [0.2, 0.25) is 5.02 Å². The molecule has 0 radical (unpaired) electrons. The van der Waals surface area contributed by atoms with Gasteiger partial charge in [0.1, 0.15) is 12.1 Å². The molecule has 0 bridgehead atoms.